The van der Waals surface area contributed by atoms with Crippen LogP contribution in [0, 0.1) is 11.8 Å². The number of esters is 1. The fourth-order valence-electron chi connectivity index (χ4n) is 7.32. The van der Waals surface area contributed by atoms with Crippen molar-refractivity contribution in [2.45, 2.75) is 93.6 Å². The van der Waals surface area contributed by atoms with Crippen LogP contribution in [-0.2, 0) is 28.7 Å². The van der Waals surface area contributed by atoms with Crippen LogP contribution in [0.25, 0.3) is 0 Å². The van der Waals surface area contributed by atoms with Crippen molar-refractivity contribution in [3.05, 3.63) is 61.2 Å². The number of benzene rings is 1. The third-order valence-corrected chi connectivity index (χ3v) is 10.1. The summed E-state index contributed by atoms with van der Waals surface area (Å²) in [5, 5.41) is 12.9. The Morgan fingerprint density at radius 1 is 1.24 bits per heavy atom. The first-order valence-electron chi connectivity index (χ1n) is 15.9. The molecule has 10 nitrogen and oxygen atoms in total. The Hall–Kier alpha value is -3.02. The van der Waals surface area contributed by atoms with E-state index in [0.717, 1.165) is 12.8 Å². The molecule has 3 aliphatic heterocycles. The molecule has 3 amide bonds. The number of carbonyl (C=O) groups is 4. The summed E-state index contributed by atoms with van der Waals surface area (Å²) in [5.41, 5.74) is -0.585. The zero-order valence-corrected chi connectivity index (χ0v) is 28.0. The van der Waals surface area contributed by atoms with Crippen LogP contribution in [0.4, 0.5) is 0 Å². The van der Waals surface area contributed by atoms with Crippen molar-refractivity contribution in [1.29, 1.82) is 0 Å². The number of allylic oxidation sites excluding steroid dienone is 1. The number of rotatable bonds is 16. The standard InChI is InChI=1S/C34H46BrN3O7/c1-6-9-16-25(40)36-22(5)28(23-14-11-10-12-15-23)44-33(43)26-27-31(41)38(18-19-39)30(34(27)20-24(35)29(26)45-34)32(42)37(17-8-3)21(4)13-7-2/h6,8,10-12,14-15,21-22,24,26-30,39H,1,3,7,9,13,16-20H2,2,4-5H3,(H,36,40)/t21?,22-,24?,26+,27-,28-,29+,30+,34-/m1/s1. The van der Waals surface area contributed by atoms with Gasteiger partial charge in [0, 0.05) is 30.4 Å². The molecule has 0 radical (unpaired) electrons. The number of likely N-dealkylation sites (tertiary alicyclic amines) is 1. The number of aliphatic hydroxyl groups excluding tert-OH is 1. The van der Waals surface area contributed by atoms with Crippen LogP contribution >= 0.6 is 15.9 Å². The second-order valence-electron chi connectivity index (χ2n) is 12.3. The van der Waals surface area contributed by atoms with Crippen LogP contribution in [0.3, 0.4) is 0 Å². The molecule has 2 bridgehead atoms. The lowest BCUT2D eigenvalue weighted by molar-refractivity contribution is -0.162. The minimum absolute atomic E-state index is 0.0687. The molecule has 45 heavy (non-hydrogen) atoms. The van der Waals surface area contributed by atoms with Gasteiger partial charge in [-0.25, -0.2) is 0 Å². The fraction of sp³-hybridized carbons (Fsp3) is 0.588. The highest BCUT2D eigenvalue weighted by atomic mass is 79.9. The largest absolute Gasteiger partial charge is 0.455 e. The molecule has 0 saturated carbocycles. The summed E-state index contributed by atoms with van der Waals surface area (Å²) < 4.78 is 12.8. The topological polar surface area (TPSA) is 125 Å². The molecule has 3 aliphatic rings. The number of hydrogen-bond acceptors (Lipinski definition) is 7. The monoisotopic (exact) mass is 687 g/mol. The number of carbonyl (C=O) groups excluding carboxylic acids is 4. The predicted molar refractivity (Wildman–Crippen MR) is 173 cm³/mol. The predicted octanol–water partition coefficient (Wildman–Crippen LogP) is 3.69. The molecule has 246 valence electrons. The van der Waals surface area contributed by atoms with E-state index in [2.05, 4.69) is 34.4 Å². The van der Waals surface area contributed by atoms with E-state index >= 15 is 0 Å². The van der Waals surface area contributed by atoms with Crippen molar-refractivity contribution < 1.29 is 33.8 Å². The lowest BCUT2D eigenvalue weighted by Gasteiger charge is -2.39. The van der Waals surface area contributed by atoms with Gasteiger partial charge in [-0.3, -0.25) is 19.2 Å². The zero-order chi connectivity index (χ0) is 32.9. The zero-order valence-electron chi connectivity index (χ0n) is 26.4. The summed E-state index contributed by atoms with van der Waals surface area (Å²) in [6.45, 7) is 13.2. The van der Waals surface area contributed by atoms with Gasteiger partial charge in [0.15, 0.2) is 0 Å². The Labute approximate surface area is 274 Å². The van der Waals surface area contributed by atoms with E-state index in [0.29, 0.717) is 24.9 Å². The molecule has 4 rings (SSSR count). The number of hydrogen-bond donors (Lipinski definition) is 2. The normalized spacial score (nSPS) is 28.6. The van der Waals surface area contributed by atoms with Crippen LogP contribution in [0.2, 0.25) is 0 Å². The summed E-state index contributed by atoms with van der Waals surface area (Å²) in [6.07, 6.45) is 4.53. The molecule has 3 heterocycles. The number of nitrogens with zero attached hydrogens (tertiary/aromatic N) is 2. The first-order chi connectivity index (χ1) is 21.6. The molecule has 1 spiro atoms. The summed E-state index contributed by atoms with van der Waals surface area (Å²) in [5.74, 6) is -3.49. The van der Waals surface area contributed by atoms with Gasteiger partial charge in [0.2, 0.25) is 17.7 Å². The number of β-amino-alcohol motifs (C(OH)–C–C–N with tert-alkyl or cyclic N) is 1. The van der Waals surface area contributed by atoms with E-state index in [4.69, 9.17) is 9.47 Å². The van der Waals surface area contributed by atoms with Crippen molar-refractivity contribution >= 4 is 39.6 Å². The van der Waals surface area contributed by atoms with Crippen molar-refractivity contribution in [3.63, 3.8) is 0 Å². The summed E-state index contributed by atoms with van der Waals surface area (Å²) >= 11 is 3.69. The molecule has 0 aromatic heterocycles. The van der Waals surface area contributed by atoms with Crippen LogP contribution in [0.5, 0.6) is 0 Å². The second-order valence-corrected chi connectivity index (χ2v) is 13.5. The van der Waals surface area contributed by atoms with Crippen LogP contribution in [0.15, 0.2) is 55.6 Å². The maximum Gasteiger partial charge on any atom is 0.313 e. The number of alkyl halides is 1. The number of halogens is 1. The maximum atomic E-state index is 14.4. The quantitative estimate of drug-likeness (QED) is 0.154. The van der Waals surface area contributed by atoms with E-state index in [1.54, 1.807) is 24.0 Å². The van der Waals surface area contributed by atoms with Crippen molar-refractivity contribution in [2.24, 2.45) is 11.8 Å². The first-order valence-corrected chi connectivity index (χ1v) is 16.8. The first kappa shape index (κ1) is 34.8. The molecule has 1 aromatic rings. The second kappa shape index (κ2) is 15.0. The molecular formula is C34H46BrN3O7. The molecule has 2 unspecified atom stereocenters. The minimum atomic E-state index is -1.27. The molecule has 0 aliphatic carbocycles. The molecule has 11 heteroatoms. The van der Waals surface area contributed by atoms with Gasteiger partial charge in [0.25, 0.3) is 0 Å². The van der Waals surface area contributed by atoms with E-state index in [9.17, 15) is 24.3 Å². The van der Waals surface area contributed by atoms with E-state index in [1.807, 2.05) is 44.2 Å². The van der Waals surface area contributed by atoms with Gasteiger partial charge in [-0.1, -0.05) is 71.8 Å². The van der Waals surface area contributed by atoms with Gasteiger partial charge in [-0.05, 0) is 38.7 Å². The Balaban J connectivity index is 1.68. The Bertz CT molecular complexity index is 1260. The molecule has 3 saturated heterocycles. The van der Waals surface area contributed by atoms with Crippen LogP contribution < -0.4 is 5.32 Å². The van der Waals surface area contributed by atoms with Crippen molar-refractivity contribution in [3.8, 4) is 0 Å². The number of nitrogens with one attached hydrogen (secondary N) is 1. The highest BCUT2D eigenvalue weighted by molar-refractivity contribution is 9.09. The highest BCUT2D eigenvalue weighted by Crippen LogP contribution is 2.60. The SMILES string of the molecule is C=CCCC(=O)N[C@H](C)[C@@H](OC(=O)[C@@H]1[C@H]2O[C@@]3(CC2Br)[C@H](C(=O)N(CC=C)C(C)CCC)N(CCO)C(=O)[C@@H]13)c1ccccc1. The van der Waals surface area contributed by atoms with Gasteiger partial charge in [-0.2, -0.15) is 0 Å². The Morgan fingerprint density at radius 3 is 2.58 bits per heavy atom. The average Bonchev–Trinajstić information content (AvgIpc) is 3.61. The van der Waals surface area contributed by atoms with Gasteiger partial charge in [0.05, 0.1) is 30.6 Å². The third kappa shape index (κ3) is 6.76. The van der Waals surface area contributed by atoms with Gasteiger partial charge >= 0.3 is 5.97 Å². The van der Waals surface area contributed by atoms with Crippen molar-refractivity contribution in [2.75, 3.05) is 19.7 Å². The van der Waals surface area contributed by atoms with E-state index < -0.39 is 53.6 Å². The van der Waals surface area contributed by atoms with Gasteiger partial charge in [-0.15, -0.1) is 13.2 Å². The smallest absolute Gasteiger partial charge is 0.313 e. The summed E-state index contributed by atoms with van der Waals surface area (Å²) in [7, 11) is 0. The molecule has 3 fully saturated rings. The lowest BCUT2D eigenvalue weighted by Crippen LogP contribution is -2.58. The van der Waals surface area contributed by atoms with Crippen LogP contribution in [-0.4, -0.2) is 93.0 Å². The molecule has 1 aromatic carbocycles. The Kier molecular flexibility index (Phi) is 11.7. The maximum absolute atomic E-state index is 14.4. The fourth-order valence-corrected chi connectivity index (χ4v) is 8.27. The van der Waals surface area contributed by atoms with E-state index in [-0.39, 0.29) is 42.3 Å². The summed E-state index contributed by atoms with van der Waals surface area (Å²) in [4.78, 5) is 58.1. The average molecular weight is 689 g/mol. The Morgan fingerprint density at radius 2 is 1.96 bits per heavy atom. The number of fused-ring (bicyclic) bond motifs is 1. The van der Waals surface area contributed by atoms with Gasteiger partial charge < -0.3 is 29.7 Å². The highest BCUT2D eigenvalue weighted by Gasteiger charge is 2.77. The number of aliphatic hydroxyl groups is 1. The van der Waals surface area contributed by atoms with Gasteiger partial charge in [0.1, 0.15) is 17.7 Å². The minimum Gasteiger partial charge on any atom is -0.455 e. The van der Waals surface area contributed by atoms with E-state index in [1.165, 1.54) is 4.90 Å². The molecular weight excluding hydrogens is 642 g/mol. The summed E-state index contributed by atoms with van der Waals surface area (Å²) in [6, 6.07) is 7.43. The number of amides is 3. The lowest BCUT2D eigenvalue weighted by atomic mass is 9.70. The van der Waals surface area contributed by atoms with Crippen LogP contribution in [0.1, 0.15) is 64.5 Å². The molecule has 2 N–H and O–H groups in total. The molecule has 9 atom stereocenters. The third-order valence-electron chi connectivity index (χ3n) is 9.27. The number of ether oxygens (including phenoxy) is 2. The van der Waals surface area contributed by atoms with Crippen molar-refractivity contribution in [1.82, 2.24) is 15.1 Å².